The third-order valence-electron chi connectivity index (χ3n) is 7.73. The van der Waals surface area contributed by atoms with Gasteiger partial charge in [0.05, 0.1) is 6.04 Å². The Morgan fingerprint density at radius 1 is 0.917 bits per heavy atom. The third-order valence-corrected chi connectivity index (χ3v) is 7.73. The van der Waals surface area contributed by atoms with Gasteiger partial charge in [0, 0.05) is 26.1 Å². The smallest absolute Gasteiger partial charge is 0.245 e. The number of carbonyl (C=O) groups is 2. The van der Waals surface area contributed by atoms with Crippen molar-refractivity contribution in [2.75, 3.05) is 13.1 Å². The maximum atomic E-state index is 13.7. The lowest BCUT2D eigenvalue weighted by Crippen LogP contribution is -2.56. The zero-order valence-electron chi connectivity index (χ0n) is 21.0. The average molecular weight is 482 g/mol. The number of aryl methyl sites for hydroxylation is 1. The second-order valence-electron chi connectivity index (χ2n) is 10.1. The standard InChI is InChI=1S/C31H35N3O2/c1-22-9-5-8-14-27(22)24-15-17-34(18-16-24)31(36)29(19-23-10-3-2-4-11-23)33-30(35)28-20-25-12-6-7-13-26(25)21-32-28/h2-14,24,28-29,32H,15-21H2,1H3,(H,33,35)/t28-,29+/m0/s1. The molecule has 2 N–H and O–H groups in total. The minimum atomic E-state index is -0.575. The van der Waals surface area contributed by atoms with Crippen LogP contribution in [-0.2, 0) is 29.0 Å². The van der Waals surface area contributed by atoms with E-state index >= 15 is 0 Å². The van der Waals surface area contributed by atoms with Crippen molar-refractivity contribution in [1.29, 1.82) is 0 Å². The van der Waals surface area contributed by atoms with Crippen LogP contribution in [0, 0.1) is 6.92 Å². The SMILES string of the molecule is Cc1ccccc1C1CCN(C(=O)[C@@H](Cc2ccccc2)NC(=O)[C@@H]2Cc3ccccc3CN2)CC1. The maximum Gasteiger partial charge on any atom is 0.245 e. The number of fused-ring (bicyclic) bond motifs is 1. The number of rotatable bonds is 6. The number of nitrogens with zero attached hydrogens (tertiary/aromatic N) is 1. The molecule has 0 aliphatic carbocycles. The predicted octanol–water partition coefficient (Wildman–Crippen LogP) is 4.14. The first-order chi connectivity index (χ1) is 17.6. The van der Waals surface area contributed by atoms with Crippen LogP contribution in [0.4, 0.5) is 0 Å². The van der Waals surface area contributed by atoms with Crippen molar-refractivity contribution in [3.63, 3.8) is 0 Å². The molecule has 3 aromatic carbocycles. The summed E-state index contributed by atoms with van der Waals surface area (Å²) in [4.78, 5) is 29.0. The van der Waals surface area contributed by atoms with Gasteiger partial charge in [0.1, 0.15) is 6.04 Å². The zero-order valence-corrected chi connectivity index (χ0v) is 21.0. The Hall–Kier alpha value is -3.44. The van der Waals surface area contributed by atoms with Gasteiger partial charge >= 0.3 is 0 Å². The van der Waals surface area contributed by atoms with Crippen LogP contribution < -0.4 is 10.6 Å². The molecule has 2 aliphatic rings. The van der Waals surface area contributed by atoms with E-state index in [2.05, 4.69) is 54.0 Å². The van der Waals surface area contributed by atoms with Crippen molar-refractivity contribution in [3.05, 3.63) is 107 Å². The minimum Gasteiger partial charge on any atom is -0.343 e. The summed E-state index contributed by atoms with van der Waals surface area (Å²) >= 11 is 0. The van der Waals surface area contributed by atoms with E-state index in [1.807, 2.05) is 47.4 Å². The molecule has 2 amide bonds. The number of nitrogens with one attached hydrogen (secondary N) is 2. The molecule has 5 rings (SSSR count). The Morgan fingerprint density at radius 3 is 2.33 bits per heavy atom. The summed E-state index contributed by atoms with van der Waals surface area (Å²) in [7, 11) is 0. The van der Waals surface area contributed by atoms with Crippen LogP contribution in [0.1, 0.15) is 46.6 Å². The van der Waals surface area contributed by atoms with E-state index in [4.69, 9.17) is 0 Å². The van der Waals surface area contributed by atoms with E-state index in [9.17, 15) is 9.59 Å². The fourth-order valence-electron chi connectivity index (χ4n) is 5.64. The van der Waals surface area contributed by atoms with Crippen LogP contribution in [0.2, 0.25) is 0 Å². The zero-order chi connectivity index (χ0) is 24.9. The van der Waals surface area contributed by atoms with Crippen LogP contribution in [0.25, 0.3) is 0 Å². The number of benzene rings is 3. The highest BCUT2D eigenvalue weighted by Crippen LogP contribution is 2.30. The van der Waals surface area contributed by atoms with E-state index in [1.54, 1.807) is 0 Å². The van der Waals surface area contributed by atoms with Gasteiger partial charge in [-0.25, -0.2) is 0 Å². The molecule has 1 saturated heterocycles. The Balaban J connectivity index is 1.27. The van der Waals surface area contributed by atoms with Gasteiger partial charge in [-0.05, 0) is 59.9 Å². The summed E-state index contributed by atoms with van der Waals surface area (Å²) < 4.78 is 0. The molecule has 0 radical (unpaired) electrons. The number of carbonyl (C=O) groups excluding carboxylic acids is 2. The van der Waals surface area contributed by atoms with Crippen LogP contribution in [-0.4, -0.2) is 41.9 Å². The van der Waals surface area contributed by atoms with Crippen molar-refractivity contribution in [3.8, 4) is 0 Å². The van der Waals surface area contributed by atoms with E-state index < -0.39 is 6.04 Å². The normalized spacial score (nSPS) is 18.8. The van der Waals surface area contributed by atoms with Gasteiger partial charge in [0.2, 0.25) is 11.8 Å². The molecule has 5 heteroatoms. The van der Waals surface area contributed by atoms with E-state index in [0.29, 0.717) is 38.4 Å². The van der Waals surface area contributed by atoms with Crippen LogP contribution in [0.15, 0.2) is 78.9 Å². The number of amides is 2. The molecule has 2 heterocycles. The molecule has 0 spiro atoms. The maximum absolute atomic E-state index is 13.7. The number of hydrogen-bond acceptors (Lipinski definition) is 3. The fraction of sp³-hybridized carbons (Fsp3) is 0.355. The first kappa shape index (κ1) is 24.3. The first-order valence-corrected chi connectivity index (χ1v) is 13.1. The van der Waals surface area contributed by atoms with Crippen LogP contribution in [0.3, 0.4) is 0 Å². The van der Waals surface area contributed by atoms with Crippen LogP contribution >= 0.6 is 0 Å². The predicted molar refractivity (Wildman–Crippen MR) is 143 cm³/mol. The largest absolute Gasteiger partial charge is 0.343 e. The number of likely N-dealkylation sites (tertiary alicyclic amines) is 1. The van der Waals surface area contributed by atoms with Gasteiger partial charge in [0.15, 0.2) is 0 Å². The molecule has 2 atom stereocenters. The Labute approximate surface area is 213 Å². The molecule has 0 aromatic heterocycles. The summed E-state index contributed by atoms with van der Waals surface area (Å²) in [6, 6.07) is 25.8. The number of hydrogen-bond donors (Lipinski definition) is 2. The van der Waals surface area contributed by atoms with Crippen molar-refractivity contribution >= 4 is 11.8 Å². The van der Waals surface area contributed by atoms with Gasteiger partial charge in [-0.15, -0.1) is 0 Å². The van der Waals surface area contributed by atoms with E-state index in [0.717, 1.165) is 18.4 Å². The average Bonchev–Trinajstić information content (AvgIpc) is 2.93. The summed E-state index contributed by atoms with van der Waals surface area (Å²) in [5, 5.41) is 6.48. The Bertz CT molecular complexity index is 1200. The fourth-order valence-corrected chi connectivity index (χ4v) is 5.64. The second kappa shape index (κ2) is 11.1. The molecule has 2 aliphatic heterocycles. The lowest BCUT2D eigenvalue weighted by Gasteiger charge is -2.35. The van der Waals surface area contributed by atoms with Crippen molar-refractivity contribution < 1.29 is 9.59 Å². The molecule has 36 heavy (non-hydrogen) atoms. The van der Waals surface area contributed by atoms with E-state index in [1.165, 1.54) is 22.3 Å². The monoisotopic (exact) mass is 481 g/mol. The second-order valence-corrected chi connectivity index (χ2v) is 10.1. The molecule has 0 bridgehead atoms. The lowest BCUT2D eigenvalue weighted by atomic mass is 9.86. The third kappa shape index (κ3) is 5.52. The summed E-state index contributed by atoms with van der Waals surface area (Å²) in [6.45, 7) is 4.26. The lowest BCUT2D eigenvalue weighted by molar-refractivity contribution is -0.137. The number of piperidine rings is 1. The minimum absolute atomic E-state index is 0.0200. The summed E-state index contributed by atoms with van der Waals surface area (Å²) in [5.41, 5.74) is 6.18. The molecule has 0 saturated carbocycles. The molecular weight excluding hydrogens is 446 g/mol. The summed E-state index contributed by atoms with van der Waals surface area (Å²) in [5.74, 6) is 0.393. The van der Waals surface area contributed by atoms with Crippen LogP contribution in [0.5, 0.6) is 0 Å². The molecular formula is C31H35N3O2. The highest BCUT2D eigenvalue weighted by atomic mass is 16.2. The van der Waals surface area contributed by atoms with Gasteiger partial charge in [0.25, 0.3) is 0 Å². The summed E-state index contributed by atoms with van der Waals surface area (Å²) in [6.07, 6.45) is 3.02. The Morgan fingerprint density at radius 2 is 1.58 bits per heavy atom. The first-order valence-electron chi connectivity index (χ1n) is 13.1. The molecule has 186 valence electrons. The van der Waals surface area contributed by atoms with Gasteiger partial charge < -0.3 is 15.5 Å². The molecule has 5 nitrogen and oxygen atoms in total. The van der Waals surface area contributed by atoms with Gasteiger partial charge in [-0.3, -0.25) is 9.59 Å². The van der Waals surface area contributed by atoms with Crippen molar-refractivity contribution in [2.45, 2.75) is 57.2 Å². The Kier molecular flexibility index (Phi) is 7.47. The topological polar surface area (TPSA) is 61.4 Å². The van der Waals surface area contributed by atoms with Gasteiger partial charge in [-0.1, -0.05) is 78.9 Å². The van der Waals surface area contributed by atoms with E-state index in [-0.39, 0.29) is 17.9 Å². The van der Waals surface area contributed by atoms with Gasteiger partial charge in [-0.2, -0.15) is 0 Å². The molecule has 1 fully saturated rings. The molecule has 3 aromatic rings. The molecule has 0 unspecified atom stereocenters. The van der Waals surface area contributed by atoms with Crippen molar-refractivity contribution in [1.82, 2.24) is 15.5 Å². The highest BCUT2D eigenvalue weighted by molar-refractivity contribution is 5.90. The quantitative estimate of drug-likeness (QED) is 0.556. The highest BCUT2D eigenvalue weighted by Gasteiger charge is 2.32. The van der Waals surface area contributed by atoms with Crippen molar-refractivity contribution in [2.24, 2.45) is 0 Å².